The molecule has 3 nitrogen and oxygen atoms in total. The Morgan fingerprint density at radius 1 is 1.33 bits per heavy atom. The number of ether oxygens (including phenoxy) is 1. The summed E-state index contributed by atoms with van der Waals surface area (Å²) in [7, 11) is 0. The van der Waals surface area contributed by atoms with Crippen LogP contribution in [0, 0.1) is 5.92 Å². The molecule has 0 bridgehead atoms. The molecule has 1 N–H and O–H groups in total. The van der Waals surface area contributed by atoms with Gasteiger partial charge in [0.1, 0.15) is 0 Å². The Bertz CT molecular complexity index is 233. The molecule has 2 aliphatic rings. The second kappa shape index (κ2) is 6.88. The fourth-order valence-electron chi connectivity index (χ4n) is 3.25. The largest absolute Gasteiger partial charge is 0.378 e. The van der Waals surface area contributed by atoms with Crippen LogP contribution in [0.2, 0.25) is 0 Å². The maximum Gasteiger partial charge on any atom is 0.0604 e. The summed E-state index contributed by atoms with van der Waals surface area (Å²) in [5, 5.41) is 3.63. The van der Waals surface area contributed by atoms with Gasteiger partial charge in [0.25, 0.3) is 0 Å². The highest BCUT2D eigenvalue weighted by Gasteiger charge is 2.35. The van der Waals surface area contributed by atoms with Gasteiger partial charge in [-0.1, -0.05) is 13.8 Å². The van der Waals surface area contributed by atoms with E-state index in [0.717, 1.165) is 24.6 Å². The summed E-state index contributed by atoms with van der Waals surface area (Å²) in [5.74, 6) is 0.762. The zero-order valence-corrected chi connectivity index (χ0v) is 12.3. The van der Waals surface area contributed by atoms with Crippen LogP contribution in [-0.4, -0.2) is 49.3 Å². The number of nitrogens with zero attached hydrogens (tertiary/aromatic N) is 1. The molecule has 3 heteroatoms. The van der Waals surface area contributed by atoms with E-state index in [1.807, 2.05) is 0 Å². The molecule has 106 valence electrons. The van der Waals surface area contributed by atoms with Gasteiger partial charge in [-0.25, -0.2) is 0 Å². The molecule has 1 saturated heterocycles. The van der Waals surface area contributed by atoms with E-state index in [1.54, 1.807) is 0 Å². The molecule has 0 aromatic rings. The molecule has 0 aromatic carbocycles. The van der Waals surface area contributed by atoms with Gasteiger partial charge in [-0.15, -0.1) is 0 Å². The van der Waals surface area contributed by atoms with Crippen LogP contribution in [-0.2, 0) is 4.74 Å². The summed E-state index contributed by atoms with van der Waals surface area (Å²) in [6, 6.07) is 1.50. The molecule has 18 heavy (non-hydrogen) atoms. The van der Waals surface area contributed by atoms with Crippen LogP contribution in [0.3, 0.4) is 0 Å². The molecule has 2 fully saturated rings. The van der Waals surface area contributed by atoms with Gasteiger partial charge in [-0.05, 0) is 45.1 Å². The zero-order chi connectivity index (χ0) is 13.0. The summed E-state index contributed by atoms with van der Waals surface area (Å²) in [4.78, 5) is 2.71. The molecule has 1 aliphatic heterocycles. The van der Waals surface area contributed by atoms with Gasteiger partial charge < -0.3 is 10.1 Å². The Labute approximate surface area is 112 Å². The lowest BCUT2D eigenvalue weighted by molar-refractivity contribution is -0.0504. The van der Waals surface area contributed by atoms with Gasteiger partial charge in [0.05, 0.1) is 6.10 Å². The van der Waals surface area contributed by atoms with Crippen LogP contribution in [0.25, 0.3) is 0 Å². The quantitative estimate of drug-likeness (QED) is 0.754. The monoisotopic (exact) mass is 254 g/mol. The molecule has 0 radical (unpaired) electrons. The van der Waals surface area contributed by atoms with Gasteiger partial charge in [-0.3, -0.25) is 4.90 Å². The summed E-state index contributed by atoms with van der Waals surface area (Å²) in [6.07, 6.45) is 5.73. The van der Waals surface area contributed by atoms with Gasteiger partial charge in [0.15, 0.2) is 0 Å². The minimum atomic E-state index is 0.534. The van der Waals surface area contributed by atoms with E-state index in [1.165, 1.54) is 45.3 Å². The molecule has 1 atom stereocenters. The van der Waals surface area contributed by atoms with Crippen molar-refractivity contribution in [2.24, 2.45) is 5.92 Å². The number of rotatable bonds is 7. The topological polar surface area (TPSA) is 24.5 Å². The van der Waals surface area contributed by atoms with Gasteiger partial charge in [-0.2, -0.15) is 0 Å². The first-order chi connectivity index (χ1) is 8.69. The molecule has 0 amide bonds. The maximum absolute atomic E-state index is 5.69. The zero-order valence-electron chi connectivity index (χ0n) is 12.3. The van der Waals surface area contributed by atoms with E-state index in [-0.39, 0.29) is 0 Å². The van der Waals surface area contributed by atoms with E-state index in [9.17, 15) is 0 Å². The Morgan fingerprint density at radius 2 is 2.11 bits per heavy atom. The highest BCUT2D eigenvalue weighted by atomic mass is 16.5. The predicted molar refractivity (Wildman–Crippen MR) is 75.9 cm³/mol. The first kappa shape index (κ1) is 14.3. The molecule has 2 rings (SSSR count). The third-order valence-electron chi connectivity index (χ3n) is 4.21. The van der Waals surface area contributed by atoms with Crippen molar-refractivity contribution < 1.29 is 4.74 Å². The van der Waals surface area contributed by atoms with Gasteiger partial charge in [0, 0.05) is 31.8 Å². The predicted octanol–water partition coefficient (Wildman–Crippen LogP) is 2.26. The summed E-state index contributed by atoms with van der Waals surface area (Å²) in [6.45, 7) is 11.3. The maximum atomic E-state index is 5.69. The highest BCUT2D eigenvalue weighted by molar-refractivity contribution is 4.91. The first-order valence-electron chi connectivity index (χ1n) is 7.78. The van der Waals surface area contributed by atoms with Crippen molar-refractivity contribution in [1.29, 1.82) is 0 Å². The van der Waals surface area contributed by atoms with Crippen molar-refractivity contribution >= 4 is 0 Å². The summed E-state index contributed by atoms with van der Waals surface area (Å²) in [5.41, 5.74) is 0. The average Bonchev–Trinajstić information content (AvgIpc) is 2.74. The lowest BCUT2D eigenvalue weighted by Gasteiger charge is -2.44. The van der Waals surface area contributed by atoms with Crippen molar-refractivity contribution in [3.05, 3.63) is 0 Å². The Morgan fingerprint density at radius 3 is 2.67 bits per heavy atom. The normalized spacial score (nSPS) is 32.2. The second-order valence-corrected chi connectivity index (χ2v) is 6.34. The van der Waals surface area contributed by atoms with Crippen LogP contribution in [0.15, 0.2) is 0 Å². The van der Waals surface area contributed by atoms with Crippen LogP contribution >= 0.6 is 0 Å². The Balaban J connectivity index is 1.78. The average molecular weight is 254 g/mol. The van der Waals surface area contributed by atoms with E-state index < -0.39 is 0 Å². The van der Waals surface area contributed by atoms with Crippen LogP contribution in [0.5, 0.6) is 0 Å². The van der Waals surface area contributed by atoms with E-state index >= 15 is 0 Å². The molecule has 0 aromatic heterocycles. The minimum absolute atomic E-state index is 0.534. The molecule has 1 unspecified atom stereocenters. The standard InChI is InChI=1S/C15H30N2O/c1-4-18-15-8-14(9-15)17(10-12(2)3)11-13-6-5-7-16-13/h12-16H,4-11H2,1-3H3. The van der Waals surface area contributed by atoms with Crippen LogP contribution in [0.1, 0.15) is 46.5 Å². The summed E-state index contributed by atoms with van der Waals surface area (Å²) < 4.78 is 5.69. The van der Waals surface area contributed by atoms with Crippen LogP contribution in [0.4, 0.5) is 0 Å². The van der Waals surface area contributed by atoms with E-state index in [0.29, 0.717) is 6.10 Å². The third-order valence-corrected chi connectivity index (χ3v) is 4.21. The molecule has 1 saturated carbocycles. The number of hydrogen-bond acceptors (Lipinski definition) is 3. The van der Waals surface area contributed by atoms with E-state index in [2.05, 4.69) is 31.0 Å². The second-order valence-electron chi connectivity index (χ2n) is 6.34. The Hall–Kier alpha value is -0.120. The number of hydrogen-bond donors (Lipinski definition) is 1. The smallest absolute Gasteiger partial charge is 0.0604 e. The fourth-order valence-corrected chi connectivity index (χ4v) is 3.25. The minimum Gasteiger partial charge on any atom is -0.378 e. The fraction of sp³-hybridized carbons (Fsp3) is 1.00. The Kier molecular flexibility index (Phi) is 5.46. The van der Waals surface area contributed by atoms with Gasteiger partial charge >= 0.3 is 0 Å². The van der Waals surface area contributed by atoms with Crippen LogP contribution < -0.4 is 5.32 Å². The first-order valence-corrected chi connectivity index (χ1v) is 7.78. The lowest BCUT2D eigenvalue weighted by atomic mass is 9.87. The van der Waals surface area contributed by atoms with E-state index in [4.69, 9.17) is 4.74 Å². The molecular weight excluding hydrogens is 224 g/mol. The summed E-state index contributed by atoms with van der Waals surface area (Å²) >= 11 is 0. The molecule has 1 aliphatic carbocycles. The van der Waals surface area contributed by atoms with Crippen molar-refractivity contribution in [1.82, 2.24) is 10.2 Å². The van der Waals surface area contributed by atoms with Crippen molar-refractivity contribution in [2.45, 2.75) is 64.6 Å². The van der Waals surface area contributed by atoms with Crippen molar-refractivity contribution in [3.8, 4) is 0 Å². The third kappa shape index (κ3) is 3.94. The van der Waals surface area contributed by atoms with Crippen molar-refractivity contribution in [2.75, 3.05) is 26.2 Å². The lowest BCUT2D eigenvalue weighted by Crippen LogP contribution is -2.52. The SMILES string of the molecule is CCOC1CC(N(CC(C)C)CC2CCCN2)C1. The molecular formula is C15H30N2O. The molecule has 1 heterocycles. The van der Waals surface area contributed by atoms with Gasteiger partial charge in [0.2, 0.25) is 0 Å². The highest BCUT2D eigenvalue weighted by Crippen LogP contribution is 2.29. The number of nitrogens with one attached hydrogen (secondary N) is 1. The van der Waals surface area contributed by atoms with Crippen molar-refractivity contribution in [3.63, 3.8) is 0 Å². The molecule has 0 spiro atoms.